The predicted octanol–water partition coefficient (Wildman–Crippen LogP) is 4.88. The maximum atomic E-state index is 13.1. The van der Waals surface area contributed by atoms with E-state index in [0.29, 0.717) is 35.4 Å². The van der Waals surface area contributed by atoms with Gasteiger partial charge in [-0.2, -0.15) is 5.10 Å². The summed E-state index contributed by atoms with van der Waals surface area (Å²) in [7, 11) is 0. The first-order valence-corrected chi connectivity index (χ1v) is 12.2. The normalized spacial score (nSPS) is 10.9. The second kappa shape index (κ2) is 11.0. The molecule has 0 saturated carbocycles. The third kappa shape index (κ3) is 5.35. The summed E-state index contributed by atoms with van der Waals surface area (Å²) in [5.41, 5.74) is 3.70. The van der Waals surface area contributed by atoms with Gasteiger partial charge < -0.3 is 10.2 Å². The number of nitrogens with zero attached hydrogens (tertiary/aromatic N) is 3. The predicted molar refractivity (Wildman–Crippen MR) is 143 cm³/mol. The van der Waals surface area contributed by atoms with Crippen LogP contribution in [0.15, 0.2) is 77.6 Å². The molecule has 184 valence electrons. The van der Waals surface area contributed by atoms with Crippen molar-refractivity contribution in [2.75, 3.05) is 18.4 Å². The molecule has 0 aliphatic carbocycles. The first-order valence-electron chi connectivity index (χ1n) is 12.2. The summed E-state index contributed by atoms with van der Waals surface area (Å²) in [5.74, 6) is -0.277. The van der Waals surface area contributed by atoms with Crippen LogP contribution < -0.4 is 10.9 Å². The number of aryl methyl sites for hydroxylation is 2. The number of carbonyl (C=O) groups excluding carboxylic acids is 2. The van der Waals surface area contributed by atoms with Crippen molar-refractivity contribution in [2.24, 2.45) is 0 Å². The molecule has 0 atom stereocenters. The van der Waals surface area contributed by atoms with Crippen molar-refractivity contribution >= 4 is 28.3 Å². The monoisotopic (exact) mass is 482 g/mol. The van der Waals surface area contributed by atoms with Crippen molar-refractivity contribution in [3.05, 3.63) is 94.3 Å². The first kappa shape index (κ1) is 24.9. The lowest BCUT2D eigenvalue weighted by atomic mass is 10.0. The molecule has 1 aromatic heterocycles. The van der Waals surface area contributed by atoms with Crippen molar-refractivity contribution in [1.82, 2.24) is 14.7 Å². The quantitative estimate of drug-likeness (QED) is 0.388. The average molecular weight is 483 g/mol. The zero-order valence-corrected chi connectivity index (χ0v) is 20.8. The smallest absolute Gasteiger partial charge is 0.274 e. The standard InChI is InChI=1S/C29H30N4O3/c1-4-32(5-2)28(35)22-14-16-23(17-15-22)30-26(34)18-19-33-29(36)25-9-7-6-8-24(25)27(31-33)21-12-10-20(3)11-13-21/h6-17H,4-5,18-19H2,1-3H3,(H,30,34). The van der Waals surface area contributed by atoms with Crippen LogP contribution in [0.4, 0.5) is 5.69 Å². The molecule has 3 aromatic carbocycles. The lowest BCUT2D eigenvalue weighted by molar-refractivity contribution is -0.116. The molecule has 0 aliphatic heterocycles. The van der Waals surface area contributed by atoms with E-state index in [2.05, 4.69) is 10.4 Å². The van der Waals surface area contributed by atoms with Gasteiger partial charge in [0.1, 0.15) is 0 Å². The van der Waals surface area contributed by atoms with E-state index in [4.69, 9.17) is 0 Å². The summed E-state index contributed by atoms with van der Waals surface area (Å²) < 4.78 is 1.36. The number of amides is 2. The van der Waals surface area contributed by atoms with Crippen LogP contribution in [0.25, 0.3) is 22.0 Å². The fraction of sp³-hybridized carbons (Fsp3) is 0.241. The molecular weight excluding hydrogens is 452 g/mol. The number of carbonyl (C=O) groups is 2. The van der Waals surface area contributed by atoms with Crippen molar-refractivity contribution in [2.45, 2.75) is 33.7 Å². The Balaban J connectivity index is 1.50. The molecule has 7 nitrogen and oxygen atoms in total. The summed E-state index contributed by atoms with van der Waals surface area (Å²) in [6, 6.07) is 22.2. The molecule has 7 heteroatoms. The number of hydrogen-bond donors (Lipinski definition) is 1. The van der Waals surface area contributed by atoms with Gasteiger partial charge in [-0.3, -0.25) is 14.4 Å². The van der Waals surface area contributed by atoms with E-state index >= 15 is 0 Å². The van der Waals surface area contributed by atoms with E-state index in [0.717, 1.165) is 16.5 Å². The molecule has 0 aliphatic rings. The van der Waals surface area contributed by atoms with Crippen molar-refractivity contribution in [3.63, 3.8) is 0 Å². The maximum Gasteiger partial charge on any atom is 0.274 e. The first-order chi connectivity index (χ1) is 17.4. The van der Waals surface area contributed by atoms with E-state index in [9.17, 15) is 14.4 Å². The van der Waals surface area contributed by atoms with Gasteiger partial charge in [0.25, 0.3) is 11.5 Å². The lowest BCUT2D eigenvalue weighted by Crippen LogP contribution is -2.30. The van der Waals surface area contributed by atoms with Crippen LogP contribution in [0, 0.1) is 6.92 Å². The molecule has 0 spiro atoms. The Kier molecular flexibility index (Phi) is 7.59. The van der Waals surface area contributed by atoms with E-state index in [1.165, 1.54) is 4.68 Å². The van der Waals surface area contributed by atoms with E-state index in [1.54, 1.807) is 35.2 Å². The Labute approximate surface area is 210 Å². The van der Waals surface area contributed by atoms with Gasteiger partial charge in [0.05, 0.1) is 17.6 Å². The van der Waals surface area contributed by atoms with Gasteiger partial charge in [-0.25, -0.2) is 4.68 Å². The molecule has 4 rings (SSSR count). The molecule has 0 saturated heterocycles. The van der Waals surface area contributed by atoms with Gasteiger partial charge in [0.2, 0.25) is 5.91 Å². The number of aromatic nitrogens is 2. The molecule has 4 aromatic rings. The lowest BCUT2D eigenvalue weighted by Gasteiger charge is -2.18. The fourth-order valence-electron chi connectivity index (χ4n) is 4.13. The highest BCUT2D eigenvalue weighted by Gasteiger charge is 2.14. The van der Waals surface area contributed by atoms with Crippen LogP contribution in [0.2, 0.25) is 0 Å². The average Bonchev–Trinajstić information content (AvgIpc) is 2.90. The van der Waals surface area contributed by atoms with Crippen molar-refractivity contribution < 1.29 is 9.59 Å². The maximum absolute atomic E-state index is 13.1. The number of rotatable bonds is 8. The Hall–Kier alpha value is -4.26. The van der Waals surface area contributed by atoms with Crippen LogP contribution in [-0.2, 0) is 11.3 Å². The molecule has 0 unspecified atom stereocenters. The van der Waals surface area contributed by atoms with Crippen molar-refractivity contribution in [1.29, 1.82) is 0 Å². The Bertz CT molecular complexity index is 1440. The van der Waals surface area contributed by atoms with Gasteiger partial charge >= 0.3 is 0 Å². The number of nitrogens with one attached hydrogen (secondary N) is 1. The van der Waals surface area contributed by atoms with E-state index in [1.807, 2.05) is 63.2 Å². The van der Waals surface area contributed by atoms with Gasteiger partial charge in [-0.1, -0.05) is 48.0 Å². The van der Waals surface area contributed by atoms with Crippen LogP contribution in [0.1, 0.15) is 36.2 Å². The van der Waals surface area contributed by atoms with Crippen LogP contribution in [0.3, 0.4) is 0 Å². The Morgan fingerprint density at radius 2 is 1.53 bits per heavy atom. The summed E-state index contributed by atoms with van der Waals surface area (Å²) in [5, 5.41) is 8.81. The number of hydrogen-bond acceptors (Lipinski definition) is 4. The number of anilines is 1. The van der Waals surface area contributed by atoms with E-state index in [-0.39, 0.29) is 30.3 Å². The van der Waals surface area contributed by atoms with Crippen LogP contribution in [-0.4, -0.2) is 39.6 Å². The zero-order chi connectivity index (χ0) is 25.7. The third-order valence-corrected chi connectivity index (χ3v) is 6.21. The van der Waals surface area contributed by atoms with Gasteiger partial charge in [-0.15, -0.1) is 0 Å². The van der Waals surface area contributed by atoms with Crippen LogP contribution >= 0.6 is 0 Å². The Morgan fingerprint density at radius 3 is 2.17 bits per heavy atom. The molecule has 1 heterocycles. The molecule has 0 bridgehead atoms. The van der Waals surface area contributed by atoms with Gasteiger partial charge in [-0.05, 0) is 51.1 Å². The van der Waals surface area contributed by atoms with Crippen LogP contribution in [0.5, 0.6) is 0 Å². The van der Waals surface area contributed by atoms with E-state index < -0.39 is 0 Å². The highest BCUT2D eigenvalue weighted by atomic mass is 16.2. The SMILES string of the molecule is CCN(CC)C(=O)c1ccc(NC(=O)CCn2nc(-c3ccc(C)cc3)c3ccccc3c2=O)cc1. The largest absolute Gasteiger partial charge is 0.339 e. The fourth-order valence-corrected chi connectivity index (χ4v) is 4.13. The molecule has 1 N–H and O–H groups in total. The number of benzene rings is 3. The second-order valence-electron chi connectivity index (χ2n) is 8.64. The molecular formula is C29H30N4O3. The molecule has 2 amide bonds. The number of fused-ring (bicyclic) bond motifs is 1. The van der Waals surface area contributed by atoms with Gasteiger partial charge in [0.15, 0.2) is 0 Å². The zero-order valence-electron chi connectivity index (χ0n) is 20.8. The summed E-state index contributed by atoms with van der Waals surface area (Å²) in [6.45, 7) is 7.33. The summed E-state index contributed by atoms with van der Waals surface area (Å²) >= 11 is 0. The molecule has 0 fully saturated rings. The Morgan fingerprint density at radius 1 is 0.889 bits per heavy atom. The minimum atomic E-state index is -0.239. The van der Waals surface area contributed by atoms with Gasteiger partial charge in [0, 0.05) is 41.7 Å². The molecule has 0 radical (unpaired) electrons. The molecule has 36 heavy (non-hydrogen) atoms. The minimum Gasteiger partial charge on any atom is -0.339 e. The second-order valence-corrected chi connectivity index (χ2v) is 8.64. The topological polar surface area (TPSA) is 84.3 Å². The third-order valence-electron chi connectivity index (χ3n) is 6.21. The highest BCUT2D eigenvalue weighted by Crippen LogP contribution is 2.25. The van der Waals surface area contributed by atoms with Crippen molar-refractivity contribution in [3.8, 4) is 11.3 Å². The summed E-state index contributed by atoms with van der Waals surface area (Å²) in [4.78, 5) is 39.9. The minimum absolute atomic E-state index is 0.0380. The highest BCUT2D eigenvalue weighted by molar-refractivity contribution is 5.96. The summed E-state index contributed by atoms with van der Waals surface area (Å²) in [6.07, 6.45) is 0.0821.